The number of benzene rings is 3. The van der Waals surface area contributed by atoms with Crippen molar-refractivity contribution in [3.05, 3.63) is 91.0 Å². The monoisotopic (exact) mass is 325 g/mol. The summed E-state index contributed by atoms with van der Waals surface area (Å²) in [4.78, 5) is 4.90. The van der Waals surface area contributed by atoms with Crippen LogP contribution in [0, 0.1) is 0 Å². The number of nitrogens with one attached hydrogen (secondary N) is 1. The van der Waals surface area contributed by atoms with Crippen molar-refractivity contribution < 1.29 is 0 Å². The highest BCUT2D eigenvalue weighted by atomic mass is 15.2. The number of aromatic nitrogens is 2. The van der Waals surface area contributed by atoms with E-state index in [-0.39, 0.29) is 0 Å². The molecule has 3 heteroatoms. The quantitative estimate of drug-likeness (QED) is 0.537. The average Bonchev–Trinajstić information content (AvgIpc) is 3.00. The molecule has 1 N–H and O–H groups in total. The first-order chi connectivity index (χ1) is 12.3. The van der Waals surface area contributed by atoms with Crippen molar-refractivity contribution in [2.75, 3.05) is 5.32 Å². The zero-order valence-corrected chi connectivity index (χ0v) is 14.1. The molecule has 3 nitrogen and oxygen atoms in total. The van der Waals surface area contributed by atoms with Crippen LogP contribution >= 0.6 is 0 Å². The predicted molar refractivity (Wildman–Crippen MR) is 104 cm³/mol. The van der Waals surface area contributed by atoms with E-state index in [4.69, 9.17) is 4.98 Å². The number of hydrogen-bond donors (Lipinski definition) is 1. The Morgan fingerprint density at radius 2 is 1.20 bits per heavy atom. The standard InChI is InChI=1S/C22H19N3/c1-25-21(18-13-7-3-8-14-18)20(17-11-5-2-6-12-17)24-22(25)23-19-15-9-4-10-16-19/h2-16H,1H3,(H,23,24). The van der Waals surface area contributed by atoms with Gasteiger partial charge in [0, 0.05) is 23.9 Å². The second-order valence-corrected chi connectivity index (χ2v) is 5.91. The molecule has 0 spiro atoms. The van der Waals surface area contributed by atoms with Gasteiger partial charge in [-0.05, 0) is 12.1 Å². The summed E-state index contributed by atoms with van der Waals surface area (Å²) in [5.41, 5.74) is 5.36. The molecule has 0 amide bonds. The molecule has 1 heterocycles. The molecule has 0 bridgehead atoms. The lowest BCUT2D eigenvalue weighted by Crippen LogP contribution is -2.00. The molecule has 25 heavy (non-hydrogen) atoms. The fraction of sp³-hybridized carbons (Fsp3) is 0.0455. The molecule has 3 aromatic carbocycles. The highest BCUT2D eigenvalue weighted by Crippen LogP contribution is 2.34. The Morgan fingerprint density at radius 1 is 0.680 bits per heavy atom. The largest absolute Gasteiger partial charge is 0.326 e. The summed E-state index contributed by atoms with van der Waals surface area (Å²) < 4.78 is 2.12. The van der Waals surface area contributed by atoms with Crippen molar-refractivity contribution in [2.24, 2.45) is 7.05 Å². The molecule has 0 unspecified atom stereocenters. The minimum atomic E-state index is 0.823. The fourth-order valence-electron chi connectivity index (χ4n) is 2.98. The van der Waals surface area contributed by atoms with Gasteiger partial charge in [0.2, 0.25) is 5.95 Å². The van der Waals surface area contributed by atoms with Crippen molar-refractivity contribution in [3.8, 4) is 22.5 Å². The molecule has 0 aliphatic heterocycles. The van der Waals surface area contributed by atoms with Gasteiger partial charge in [-0.25, -0.2) is 4.98 Å². The Balaban J connectivity index is 1.86. The molecule has 4 rings (SSSR count). The summed E-state index contributed by atoms with van der Waals surface area (Å²) in [6, 6.07) is 30.8. The maximum absolute atomic E-state index is 4.90. The van der Waals surface area contributed by atoms with Crippen LogP contribution in [0.25, 0.3) is 22.5 Å². The number of imidazole rings is 1. The molecule has 122 valence electrons. The van der Waals surface area contributed by atoms with Crippen molar-refractivity contribution in [3.63, 3.8) is 0 Å². The van der Waals surface area contributed by atoms with E-state index in [1.165, 1.54) is 0 Å². The maximum Gasteiger partial charge on any atom is 0.208 e. The summed E-state index contributed by atoms with van der Waals surface area (Å²) in [6.45, 7) is 0. The third-order valence-corrected chi connectivity index (χ3v) is 4.22. The normalized spacial score (nSPS) is 10.6. The van der Waals surface area contributed by atoms with Gasteiger partial charge in [-0.15, -0.1) is 0 Å². The van der Waals surface area contributed by atoms with E-state index in [0.717, 1.165) is 34.2 Å². The van der Waals surface area contributed by atoms with Gasteiger partial charge in [0.15, 0.2) is 0 Å². The van der Waals surface area contributed by atoms with Crippen LogP contribution < -0.4 is 5.32 Å². The zero-order valence-electron chi connectivity index (χ0n) is 14.1. The van der Waals surface area contributed by atoms with E-state index in [2.05, 4.69) is 46.3 Å². The van der Waals surface area contributed by atoms with Gasteiger partial charge in [0.25, 0.3) is 0 Å². The van der Waals surface area contributed by atoms with Gasteiger partial charge in [-0.1, -0.05) is 78.9 Å². The first-order valence-electron chi connectivity index (χ1n) is 8.32. The van der Waals surface area contributed by atoms with Crippen LogP contribution in [-0.4, -0.2) is 9.55 Å². The Kier molecular flexibility index (Phi) is 4.05. The molecular formula is C22H19N3. The van der Waals surface area contributed by atoms with Gasteiger partial charge >= 0.3 is 0 Å². The molecule has 0 aliphatic carbocycles. The van der Waals surface area contributed by atoms with Crippen LogP contribution in [0.15, 0.2) is 91.0 Å². The van der Waals surface area contributed by atoms with Crippen LogP contribution in [0.1, 0.15) is 0 Å². The zero-order chi connectivity index (χ0) is 17.1. The number of nitrogens with zero attached hydrogens (tertiary/aromatic N) is 2. The van der Waals surface area contributed by atoms with Gasteiger partial charge in [-0.2, -0.15) is 0 Å². The van der Waals surface area contributed by atoms with E-state index in [9.17, 15) is 0 Å². The summed E-state index contributed by atoms with van der Waals surface area (Å²) in [5.74, 6) is 0.823. The van der Waals surface area contributed by atoms with E-state index < -0.39 is 0 Å². The summed E-state index contributed by atoms with van der Waals surface area (Å²) >= 11 is 0. The van der Waals surface area contributed by atoms with E-state index in [1.807, 2.05) is 61.6 Å². The molecule has 0 atom stereocenters. The maximum atomic E-state index is 4.90. The number of anilines is 2. The summed E-state index contributed by atoms with van der Waals surface area (Å²) in [5, 5.41) is 3.42. The van der Waals surface area contributed by atoms with Gasteiger partial charge in [-0.3, -0.25) is 0 Å². The molecule has 4 aromatic rings. The van der Waals surface area contributed by atoms with Crippen molar-refractivity contribution in [2.45, 2.75) is 0 Å². The second-order valence-electron chi connectivity index (χ2n) is 5.91. The highest BCUT2D eigenvalue weighted by molar-refractivity contribution is 5.81. The summed E-state index contributed by atoms with van der Waals surface area (Å²) in [7, 11) is 2.05. The minimum absolute atomic E-state index is 0.823. The van der Waals surface area contributed by atoms with Crippen LogP contribution in [0.4, 0.5) is 11.6 Å². The number of hydrogen-bond acceptors (Lipinski definition) is 2. The van der Waals surface area contributed by atoms with E-state index in [0.29, 0.717) is 0 Å². The fourth-order valence-corrected chi connectivity index (χ4v) is 2.98. The Morgan fingerprint density at radius 3 is 1.80 bits per heavy atom. The first-order valence-corrected chi connectivity index (χ1v) is 8.32. The van der Waals surface area contributed by atoms with Gasteiger partial charge < -0.3 is 9.88 Å². The number of para-hydroxylation sites is 1. The van der Waals surface area contributed by atoms with Crippen molar-refractivity contribution in [1.82, 2.24) is 9.55 Å². The molecular weight excluding hydrogens is 306 g/mol. The van der Waals surface area contributed by atoms with E-state index in [1.54, 1.807) is 0 Å². The van der Waals surface area contributed by atoms with Crippen molar-refractivity contribution >= 4 is 11.6 Å². The van der Waals surface area contributed by atoms with Crippen LogP contribution in [0.5, 0.6) is 0 Å². The van der Waals surface area contributed by atoms with Crippen molar-refractivity contribution in [1.29, 1.82) is 0 Å². The Hall–Kier alpha value is -3.33. The number of rotatable bonds is 4. The Labute approximate surface area is 147 Å². The molecule has 1 aromatic heterocycles. The lowest BCUT2D eigenvalue weighted by Gasteiger charge is -2.09. The predicted octanol–water partition coefficient (Wildman–Crippen LogP) is 5.50. The smallest absolute Gasteiger partial charge is 0.208 e. The van der Waals surface area contributed by atoms with Gasteiger partial charge in [0.1, 0.15) is 0 Å². The van der Waals surface area contributed by atoms with Crippen LogP contribution in [0.2, 0.25) is 0 Å². The average molecular weight is 325 g/mol. The second kappa shape index (κ2) is 6.65. The van der Waals surface area contributed by atoms with Crippen LogP contribution in [0.3, 0.4) is 0 Å². The summed E-state index contributed by atoms with van der Waals surface area (Å²) in [6.07, 6.45) is 0. The molecule has 0 saturated heterocycles. The van der Waals surface area contributed by atoms with E-state index >= 15 is 0 Å². The molecule has 0 saturated carbocycles. The molecule has 0 aliphatic rings. The first kappa shape index (κ1) is 15.2. The lowest BCUT2D eigenvalue weighted by atomic mass is 10.1. The minimum Gasteiger partial charge on any atom is -0.326 e. The third kappa shape index (κ3) is 3.04. The lowest BCUT2D eigenvalue weighted by molar-refractivity contribution is 0.932. The topological polar surface area (TPSA) is 29.9 Å². The van der Waals surface area contributed by atoms with Gasteiger partial charge in [0.05, 0.1) is 11.4 Å². The Bertz CT molecular complexity index is 958. The highest BCUT2D eigenvalue weighted by Gasteiger charge is 2.17. The molecule has 0 radical (unpaired) electrons. The third-order valence-electron chi connectivity index (χ3n) is 4.22. The SMILES string of the molecule is Cn1c(Nc2ccccc2)nc(-c2ccccc2)c1-c1ccccc1. The van der Waals surface area contributed by atoms with Crippen LogP contribution in [-0.2, 0) is 7.05 Å². The molecule has 0 fully saturated rings.